The fraction of sp³-hybridized carbons (Fsp3) is 0.286. The molecule has 11 nitrogen and oxygen atoms in total. The fourth-order valence-corrected chi connectivity index (χ4v) is 6.88. The van der Waals surface area contributed by atoms with Crippen LogP contribution in [-0.2, 0) is 33.0 Å². The van der Waals surface area contributed by atoms with Crippen LogP contribution in [0, 0.1) is 27.7 Å². The minimum absolute atomic E-state index is 0.0393. The lowest BCUT2D eigenvalue weighted by molar-refractivity contribution is 0.172. The largest absolute Gasteiger partial charge is 0.464 e. The number of carbonyl (C=O) groups is 1. The molecule has 2 N–H and O–H groups in total. The standard InChI is InChI=1S/C28H32N4O4S.C7H8O3S/c1-5-6-7-26-30-27-21(4)29-20(3)18-25(27)32(26)23-12-10-22(11-13-23)16-17-31(28(33)34)37(35,36)24-14-8-19(2)9-15-24;1-6-2-4-7(5-3-6)11(8,9)10/h8-15,18H,5-7,16-17H2,1-4H3,(H,33,34);2-5H,1H3,(H,8,9,10). The zero-order chi connectivity index (χ0) is 35.2. The Balaban J connectivity index is 0.000000401. The molecule has 0 fully saturated rings. The quantitative estimate of drug-likeness (QED) is 0.149. The number of imidazole rings is 1. The molecule has 13 heteroatoms. The third-order valence-corrected chi connectivity index (χ3v) is 10.4. The number of hydrogen-bond acceptors (Lipinski definition) is 7. The predicted octanol–water partition coefficient (Wildman–Crippen LogP) is 6.84. The van der Waals surface area contributed by atoms with Crippen LogP contribution >= 0.6 is 0 Å². The zero-order valence-corrected chi connectivity index (χ0v) is 29.2. The van der Waals surface area contributed by atoms with Gasteiger partial charge in [-0.25, -0.2) is 22.5 Å². The highest BCUT2D eigenvalue weighted by molar-refractivity contribution is 7.89. The molecule has 0 saturated carbocycles. The maximum atomic E-state index is 12.9. The van der Waals surface area contributed by atoms with E-state index in [4.69, 9.17) is 9.54 Å². The number of aryl methyl sites for hydroxylation is 5. The summed E-state index contributed by atoms with van der Waals surface area (Å²) in [5, 5.41) is 9.65. The summed E-state index contributed by atoms with van der Waals surface area (Å²) >= 11 is 0. The van der Waals surface area contributed by atoms with Gasteiger partial charge < -0.3 is 5.11 Å². The first-order chi connectivity index (χ1) is 22.6. The van der Waals surface area contributed by atoms with E-state index in [2.05, 4.69) is 16.5 Å². The van der Waals surface area contributed by atoms with Crippen molar-refractivity contribution in [3.63, 3.8) is 0 Å². The molecule has 1 amide bonds. The third-order valence-electron chi connectivity index (χ3n) is 7.71. The molecule has 0 radical (unpaired) electrons. The van der Waals surface area contributed by atoms with Crippen molar-refractivity contribution in [1.29, 1.82) is 0 Å². The van der Waals surface area contributed by atoms with Crippen LogP contribution in [-0.4, -0.2) is 58.0 Å². The molecule has 254 valence electrons. The Hall–Kier alpha value is -4.59. The highest BCUT2D eigenvalue weighted by Crippen LogP contribution is 2.26. The fourth-order valence-electron chi connectivity index (χ4n) is 5.13. The molecule has 0 spiro atoms. The van der Waals surface area contributed by atoms with E-state index in [9.17, 15) is 26.7 Å². The molecule has 0 aliphatic rings. The number of fused-ring (bicyclic) bond motifs is 1. The lowest BCUT2D eigenvalue weighted by Gasteiger charge is -2.19. The van der Waals surface area contributed by atoms with Crippen LogP contribution in [0.4, 0.5) is 4.79 Å². The van der Waals surface area contributed by atoms with Gasteiger partial charge >= 0.3 is 6.09 Å². The summed E-state index contributed by atoms with van der Waals surface area (Å²) in [6, 6.07) is 21.9. The number of hydrogen-bond donors (Lipinski definition) is 2. The molecule has 3 aromatic carbocycles. The number of sulfonamides is 1. The average Bonchev–Trinajstić information content (AvgIpc) is 3.39. The van der Waals surface area contributed by atoms with Crippen LogP contribution in [0.2, 0.25) is 0 Å². The van der Waals surface area contributed by atoms with Crippen LogP contribution in [0.3, 0.4) is 0 Å². The Morgan fingerprint density at radius 2 is 1.35 bits per heavy atom. The van der Waals surface area contributed by atoms with Gasteiger partial charge in [0.2, 0.25) is 0 Å². The lowest BCUT2D eigenvalue weighted by Crippen LogP contribution is -2.37. The summed E-state index contributed by atoms with van der Waals surface area (Å²) in [5.41, 5.74) is 7.35. The van der Waals surface area contributed by atoms with Crippen LogP contribution in [0.15, 0.2) is 88.7 Å². The molecular weight excluding hydrogens is 653 g/mol. The molecule has 0 saturated heterocycles. The predicted molar refractivity (Wildman–Crippen MR) is 185 cm³/mol. The van der Waals surface area contributed by atoms with Crippen LogP contribution in [0.1, 0.15) is 53.7 Å². The molecule has 0 unspecified atom stereocenters. The SMILES string of the molecule is CCCCc1nc2c(C)nc(C)cc2n1-c1ccc(CCN(C(=O)O)S(=O)(=O)c2ccc(C)cc2)cc1.Cc1ccc(S(=O)(=O)O)cc1. The summed E-state index contributed by atoms with van der Waals surface area (Å²) < 4.78 is 58.1. The van der Waals surface area contributed by atoms with Gasteiger partial charge in [-0.2, -0.15) is 8.42 Å². The second-order valence-corrected chi connectivity index (χ2v) is 14.8. The van der Waals surface area contributed by atoms with Gasteiger partial charge in [0.25, 0.3) is 20.1 Å². The number of nitrogens with zero attached hydrogens (tertiary/aromatic N) is 4. The van der Waals surface area contributed by atoms with Crippen molar-refractivity contribution < 1.29 is 31.3 Å². The van der Waals surface area contributed by atoms with Gasteiger partial charge in [0.05, 0.1) is 21.0 Å². The average molecular weight is 693 g/mol. The van der Waals surface area contributed by atoms with Gasteiger partial charge in [0.15, 0.2) is 0 Å². The van der Waals surface area contributed by atoms with E-state index in [-0.39, 0.29) is 22.8 Å². The van der Waals surface area contributed by atoms with Crippen molar-refractivity contribution in [2.75, 3.05) is 6.54 Å². The maximum absolute atomic E-state index is 12.9. The molecule has 48 heavy (non-hydrogen) atoms. The highest BCUT2D eigenvalue weighted by Gasteiger charge is 2.28. The van der Waals surface area contributed by atoms with Crippen LogP contribution < -0.4 is 0 Å². The summed E-state index contributed by atoms with van der Waals surface area (Å²) in [7, 11) is -8.18. The molecule has 0 aliphatic carbocycles. The van der Waals surface area contributed by atoms with Crippen LogP contribution in [0.5, 0.6) is 0 Å². The molecule has 5 rings (SSSR count). The third kappa shape index (κ3) is 8.65. The number of pyridine rings is 1. The molecule has 2 heterocycles. The maximum Gasteiger partial charge on any atom is 0.421 e. The molecule has 0 aliphatic heterocycles. The van der Waals surface area contributed by atoms with Gasteiger partial charge in [-0.05, 0) is 88.6 Å². The molecular formula is C35H40N4O7S2. The van der Waals surface area contributed by atoms with E-state index in [1.54, 1.807) is 24.3 Å². The van der Waals surface area contributed by atoms with E-state index in [0.29, 0.717) is 4.31 Å². The number of unbranched alkanes of at least 4 members (excludes halogenated alkanes) is 1. The smallest absolute Gasteiger partial charge is 0.421 e. The Morgan fingerprint density at radius 3 is 1.88 bits per heavy atom. The minimum atomic E-state index is -4.16. The van der Waals surface area contributed by atoms with E-state index in [0.717, 1.165) is 69.9 Å². The first-order valence-electron chi connectivity index (χ1n) is 15.4. The topological polar surface area (TPSA) is 160 Å². The second kappa shape index (κ2) is 15.1. The first kappa shape index (κ1) is 36.2. The normalized spacial score (nSPS) is 11.6. The zero-order valence-electron chi connectivity index (χ0n) is 27.6. The summed E-state index contributed by atoms with van der Waals surface area (Å²) in [5.74, 6) is 0.973. The van der Waals surface area contributed by atoms with Crippen molar-refractivity contribution in [1.82, 2.24) is 18.8 Å². The first-order valence-corrected chi connectivity index (χ1v) is 18.3. The molecule has 0 bridgehead atoms. The number of aromatic nitrogens is 3. The van der Waals surface area contributed by atoms with Crippen molar-refractivity contribution in [3.05, 3.63) is 113 Å². The van der Waals surface area contributed by atoms with Crippen molar-refractivity contribution in [3.8, 4) is 5.69 Å². The van der Waals surface area contributed by atoms with Gasteiger partial charge in [-0.3, -0.25) is 14.1 Å². The van der Waals surface area contributed by atoms with Gasteiger partial charge in [-0.15, -0.1) is 0 Å². The van der Waals surface area contributed by atoms with Crippen molar-refractivity contribution >= 4 is 37.3 Å². The Labute approximate surface area is 281 Å². The Bertz CT molecular complexity index is 2110. The second-order valence-electron chi connectivity index (χ2n) is 11.6. The van der Waals surface area contributed by atoms with E-state index in [1.165, 1.54) is 24.3 Å². The van der Waals surface area contributed by atoms with Crippen molar-refractivity contribution in [2.45, 2.75) is 70.1 Å². The summed E-state index contributed by atoms with van der Waals surface area (Å²) in [6.45, 7) is 9.60. The summed E-state index contributed by atoms with van der Waals surface area (Å²) in [4.78, 5) is 21.2. The van der Waals surface area contributed by atoms with Crippen LogP contribution in [0.25, 0.3) is 16.7 Å². The van der Waals surface area contributed by atoms with E-state index >= 15 is 0 Å². The Morgan fingerprint density at radius 1 is 0.792 bits per heavy atom. The van der Waals surface area contributed by atoms with Gasteiger partial charge in [-0.1, -0.05) is 60.9 Å². The lowest BCUT2D eigenvalue weighted by atomic mass is 10.1. The molecule has 2 aromatic heterocycles. The number of benzene rings is 3. The van der Waals surface area contributed by atoms with Gasteiger partial charge in [0, 0.05) is 24.3 Å². The monoisotopic (exact) mass is 692 g/mol. The van der Waals surface area contributed by atoms with E-state index in [1.807, 2.05) is 58.0 Å². The Kier molecular flexibility index (Phi) is 11.4. The minimum Gasteiger partial charge on any atom is -0.464 e. The van der Waals surface area contributed by atoms with Gasteiger partial charge in [0.1, 0.15) is 11.3 Å². The van der Waals surface area contributed by atoms with E-state index < -0.39 is 26.2 Å². The number of amides is 1. The number of rotatable bonds is 10. The number of carboxylic acid groups (broad SMARTS) is 1. The summed E-state index contributed by atoms with van der Waals surface area (Å²) in [6.07, 6.45) is 1.68. The highest BCUT2D eigenvalue weighted by atomic mass is 32.2. The van der Waals surface area contributed by atoms with Crippen molar-refractivity contribution in [2.24, 2.45) is 0 Å². The molecule has 5 aromatic rings. The molecule has 0 atom stereocenters.